The number of benzene rings is 7. The Hall–Kier alpha value is -6.59. The Morgan fingerprint density at radius 3 is 1.06 bits per heavy atom. The van der Waals surface area contributed by atoms with Gasteiger partial charge in [-0.1, -0.05) is 97.1 Å². The zero-order chi connectivity index (χ0) is 35.5. The molecule has 0 aliphatic rings. The molecule has 0 fully saturated rings. The first-order chi connectivity index (χ1) is 25.6. The van der Waals surface area contributed by atoms with Gasteiger partial charge in [-0.2, -0.15) is 5.10 Å². The van der Waals surface area contributed by atoms with Gasteiger partial charge in [0.05, 0.1) is 17.6 Å². The third-order valence-corrected chi connectivity index (χ3v) is 9.14. The van der Waals surface area contributed by atoms with Crippen molar-refractivity contribution in [1.29, 1.82) is 0 Å². The number of anilines is 5. The average Bonchev–Trinajstić information content (AvgIpc) is 3.20. The quantitative estimate of drug-likeness (QED) is 0.0941. The van der Waals surface area contributed by atoms with E-state index in [0.717, 1.165) is 59.7 Å². The van der Waals surface area contributed by atoms with Crippen LogP contribution in [0.15, 0.2) is 187 Å². The van der Waals surface area contributed by atoms with Crippen molar-refractivity contribution in [3.05, 3.63) is 210 Å². The largest absolute Gasteiger partial charge is 0.508 e. The molecule has 0 aromatic heterocycles. The van der Waals surface area contributed by atoms with Crippen LogP contribution in [0.4, 0.5) is 28.4 Å². The molecule has 7 aromatic rings. The highest BCUT2D eigenvalue weighted by Gasteiger charge is 2.14. The molecule has 0 aliphatic carbocycles. The SMILES string of the molecule is Oc1ccc(CCc2ccc(N(c3ccc(C=NN(c4ccccc4)c4ccccc4)cc3)c3ccc(CCc4ccc(O)cc4)cc3)cc2)cc1. The van der Waals surface area contributed by atoms with Gasteiger partial charge in [-0.25, -0.2) is 5.01 Å². The lowest BCUT2D eigenvalue weighted by molar-refractivity contribution is 0.474. The Morgan fingerprint density at radius 2 is 0.692 bits per heavy atom. The van der Waals surface area contributed by atoms with Crippen LogP contribution in [0.25, 0.3) is 0 Å². The smallest absolute Gasteiger partial charge is 0.115 e. The van der Waals surface area contributed by atoms with Crippen LogP contribution in [0.3, 0.4) is 0 Å². The summed E-state index contributed by atoms with van der Waals surface area (Å²) in [6.45, 7) is 0. The lowest BCUT2D eigenvalue weighted by atomic mass is 10.0. The van der Waals surface area contributed by atoms with Crippen LogP contribution in [-0.4, -0.2) is 16.4 Å². The summed E-state index contributed by atoms with van der Waals surface area (Å²) in [4.78, 5) is 2.29. The number of phenolic OH excluding ortho intramolecular Hbond substituents is 2. The molecule has 0 spiro atoms. The van der Waals surface area contributed by atoms with Gasteiger partial charge in [-0.3, -0.25) is 0 Å². The van der Waals surface area contributed by atoms with E-state index in [1.165, 1.54) is 22.3 Å². The maximum Gasteiger partial charge on any atom is 0.115 e. The van der Waals surface area contributed by atoms with Crippen LogP contribution >= 0.6 is 0 Å². The molecule has 52 heavy (non-hydrogen) atoms. The highest BCUT2D eigenvalue weighted by molar-refractivity contribution is 5.84. The van der Waals surface area contributed by atoms with Gasteiger partial charge in [0.25, 0.3) is 0 Å². The lowest BCUT2D eigenvalue weighted by Gasteiger charge is -2.26. The molecule has 0 aliphatic heterocycles. The third kappa shape index (κ3) is 8.76. The Bertz CT molecular complexity index is 2030. The van der Waals surface area contributed by atoms with Crippen molar-refractivity contribution < 1.29 is 10.2 Å². The molecular formula is C47H41N3O2. The summed E-state index contributed by atoms with van der Waals surface area (Å²) in [5.41, 5.74) is 11.1. The zero-order valence-corrected chi connectivity index (χ0v) is 29.0. The molecule has 0 bridgehead atoms. The molecule has 7 rings (SSSR count). The van der Waals surface area contributed by atoms with Gasteiger partial charge in [-0.05, 0) is 138 Å². The van der Waals surface area contributed by atoms with Crippen LogP contribution < -0.4 is 9.91 Å². The molecule has 256 valence electrons. The van der Waals surface area contributed by atoms with Gasteiger partial charge in [0.2, 0.25) is 0 Å². The van der Waals surface area contributed by atoms with Gasteiger partial charge in [0.15, 0.2) is 0 Å². The standard InChI is InChI=1S/C47H41N3O2/c51-46-31-21-38(22-32-46)13-11-36-15-25-41(26-16-36)49(42-27-17-37(18-28-42)12-14-39-23-33-47(52)34-24-39)43-29-19-40(20-30-43)35-48-50(44-7-3-1-4-8-44)45-9-5-2-6-10-45/h1-10,15-35,51-52H,11-14H2. The van der Waals surface area contributed by atoms with Gasteiger partial charge in [0.1, 0.15) is 11.5 Å². The number of hydrogen-bond donors (Lipinski definition) is 2. The number of nitrogens with zero attached hydrogens (tertiary/aromatic N) is 3. The minimum absolute atomic E-state index is 0.292. The highest BCUT2D eigenvalue weighted by atomic mass is 16.3. The predicted molar refractivity (Wildman–Crippen MR) is 215 cm³/mol. The Kier molecular flexibility index (Phi) is 10.7. The topological polar surface area (TPSA) is 59.3 Å². The molecule has 0 amide bonds. The van der Waals surface area contributed by atoms with Gasteiger partial charge >= 0.3 is 0 Å². The van der Waals surface area contributed by atoms with Crippen LogP contribution in [0, 0.1) is 0 Å². The number of hydrazone groups is 1. The molecule has 7 aromatic carbocycles. The molecule has 0 unspecified atom stereocenters. The minimum atomic E-state index is 0.292. The number of rotatable bonds is 13. The van der Waals surface area contributed by atoms with Crippen molar-refractivity contribution in [1.82, 2.24) is 0 Å². The van der Waals surface area contributed by atoms with Gasteiger partial charge < -0.3 is 15.1 Å². The molecule has 5 nitrogen and oxygen atoms in total. The first-order valence-electron chi connectivity index (χ1n) is 17.7. The van der Waals surface area contributed by atoms with Crippen LogP contribution in [0.5, 0.6) is 11.5 Å². The summed E-state index contributed by atoms with van der Waals surface area (Å²) in [5.74, 6) is 0.584. The fourth-order valence-corrected chi connectivity index (χ4v) is 6.23. The van der Waals surface area contributed by atoms with E-state index in [1.54, 1.807) is 24.3 Å². The molecular weight excluding hydrogens is 639 g/mol. The molecule has 0 heterocycles. The van der Waals surface area contributed by atoms with E-state index >= 15 is 0 Å². The Balaban J connectivity index is 1.13. The van der Waals surface area contributed by atoms with Crippen LogP contribution in [0.2, 0.25) is 0 Å². The predicted octanol–water partition coefficient (Wildman–Crippen LogP) is 11.3. The second kappa shape index (κ2) is 16.4. The van der Waals surface area contributed by atoms with Crippen molar-refractivity contribution in [2.24, 2.45) is 5.10 Å². The van der Waals surface area contributed by atoms with E-state index in [-0.39, 0.29) is 0 Å². The molecule has 0 saturated heterocycles. The monoisotopic (exact) mass is 679 g/mol. The molecule has 0 radical (unpaired) electrons. The zero-order valence-electron chi connectivity index (χ0n) is 29.0. The van der Waals surface area contributed by atoms with Crippen molar-refractivity contribution in [2.75, 3.05) is 9.91 Å². The van der Waals surface area contributed by atoms with Crippen molar-refractivity contribution >= 4 is 34.7 Å². The lowest BCUT2D eigenvalue weighted by Crippen LogP contribution is -2.11. The third-order valence-electron chi connectivity index (χ3n) is 9.14. The minimum Gasteiger partial charge on any atom is -0.508 e. The number of aryl methyl sites for hydroxylation is 4. The van der Waals surface area contributed by atoms with E-state index in [1.807, 2.05) is 71.9 Å². The van der Waals surface area contributed by atoms with E-state index in [2.05, 4.69) is 102 Å². The summed E-state index contributed by atoms with van der Waals surface area (Å²) in [5, 5.41) is 26.1. The maximum atomic E-state index is 9.64. The number of aromatic hydroxyl groups is 2. The van der Waals surface area contributed by atoms with Gasteiger partial charge in [0, 0.05) is 17.1 Å². The van der Waals surface area contributed by atoms with E-state index in [9.17, 15) is 10.2 Å². The fraction of sp³-hybridized carbons (Fsp3) is 0.0851. The number of para-hydroxylation sites is 2. The Morgan fingerprint density at radius 1 is 0.365 bits per heavy atom. The van der Waals surface area contributed by atoms with Crippen LogP contribution in [-0.2, 0) is 25.7 Å². The second-order valence-electron chi connectivity index (χ2n) is 12.8. The summed E-state index contributed by atoms with van der Waals surface area (Å²) in [7, 11) is 0. The fourth-order valence-electron chi connectivity index (χ4n) is 6.23. The molecule has 5 heteroatoms. The molecule has 2 N–H and O–H groups in total. The first kappa shape index (κ1) is 33.9. The summed E-state index contributed by atoms with van der Waals surface area (Å²) < 4.78 is 0. The van der Waals surface area contributed by atoms with E-state index < -0.39 is 0 Å². The first-order valence-corrected chi connectivity index (χ1v) is 17.7. The van der Waals surface area contributed by atoms with Crippen molar-refractivity contribution in [3.63, 3.8) is 0 Å². The molecule has 0 saturated carbocycles. The molecule has 0 atom stereocenters. The highest BCUT2D eigenvalue weighted by Crippen LogP contribution is 2.35. The summed E-state index contributed by atoms with van der Waals surface area (Å²) >= 11 is 0. The van der Waals surface area contributed by atoms with E-state index in [4.69, 9.17) is 5.10 Å². The van der Waals surface area contributed by atoms with E-state index in [0.29, 0.717) is 11.5 Å². The number of phenols is 2. The second-order valence-corrected chi connectivity index (χ2v) is 12.8. The van der Waals surface area contributed by atoms with Gasteiger partial charge in [-0.15, -0.1) is 0 Å². The van der Waals surface area contributed by atoms with Crippen molar-refractivity contribution in [3.8, 4) is 11.5 Å². The average molecular weight is 680 g/mol. The maximum absolute atomic E-state index is 9.64. The number of hydrogen-bond acceptors (Lipinski definition) is 5. The van der Waals surface area contributed by atoms with Crippen LogP contribution in [0.1, 0.15) is 27.8 Å². The summed E-state index contributed by atoms with van der Waals surface area (Å²) in [6, 6.07) is 61.4. The normalized spacial score (nSPS) is 11.1. The summed E-state index contributed by atoms with van der Waals surface area (Å²) in [6.07, 6.45) is 5.55. The van der Waals surface area contributed by atoms with Crippen molar-refractivity contribution in [2.45, 2.75) is 25.7 Å². The Labute approximate surface area is 306 Å².